The quantitative estimate of drug-likeness (QED) is 0.271. The molecule has 0 radical (unpaired) electrons. The maximum atomic E-state index is 5.46. The molecule has 0 aromatic heterocycles. The number of nitrogens with zero attached hydrogens (tertiary/aromatic N) is 2. The number of hydrogen-bond donors (Lipinski definition) is 2. The third-order valence-electron chi connectivity index (χ3n) is 5.67. The topological polar surface area (TPSA) is 67.4 Å². The van der Waals surface area contributed by atoms with Gasteiger partial charge in [-0.3, -0.25) is 4.90 Å². The molecule has 0 bridgehead atoms. The number of halogens is 1. The first kappa shape index (κ1) is 27.0. The molecule has 0 saturated carbocycles. The van der Waals surface area contributed by atoms with Gasteiger partial charge in [0.05, 0.1) is 27.9 Å². The van der Waals surface area contributed by atoms with Gasteiger partial charge in [0.1, 0.15) is 0 Å². The molecule has 1 fully saturated rings. The Bertz CT molecular complexity index is 846. The number of aliphatic imine (C=N–C) groups is 1. The van der Waals surface area contributed by atoms with E-state index in [0.29, 0.717) is 29.8 Å². The average molecular weight is 569 g/mol. The van der Waals surface area contributed by atoms with Gasteiger partial charge in [0.15, 0.2) is 17.5 Å². The number of methoxy groups -OCH3 is 3. The van der Waals surface area contributed by atoms with Crippen LogP contribution in [0, 0.1) is 0 Å². The van der Waals surface area contributed by atoms with Crippen LogP contribution in [0.3, 0.4) is 0 Å². The fraction of sp³-hybridized carbons (Fsp3) is 0.480. The fourth-order valence-electron chi connectivity index (χ4n) is 3.99. The normalized spacial score (nSPS) is 14.8. The lowest BCUT2D eigenvalue weighted by Gasteiger charge is -2.33. The Morgan fingerprint density at radius 1 is 0.970 bits per heavy atom. The number of rotatable bonds is 9. The number of ether oxygens (including phenoxy) is 3. The van der Waals surface area contributed by atoms with Gasteiger partial charge in [0, 0.05) is 32.2 Å². The SMILES string of the molecule is CCNC(=NCc1cc(OC)c(OC)c(OC)c1)NC1CCN(Cc2ccccc2)CC1.I. The minimum absolute atomic E-state index is 0. The molecule has 7 nitrogen and oxygen atoms in total. The van der Waals surface area contributed by atoms with Gasteiger partial charge in [-0.1, -0.05) is 30.3 Å². The lowest BCUT2D eigenvalue weighted by Crippen LogP contribution is -2.48. The number of piperidine rings is 1. The first-order valence-electron chi connectivity index (χ1n) is 11.3. The predicted octanol–water partition coefficient (Wildman–Crippen LogP) is 4.05. The van der Waals surface area contributed by atoms with Crippen LogP contribution in [0.5, 0.6) is 17.2 Å². The fourth-order valence-corrected chi connectivity index (χ4v) is 3.99. The predicted molar refractivity (Wildman–Crippen MR) is 144 cm³/mol. The molecule has 1 aliphatic rings. The Labute approximate surface area is 214 Å². The highest BCUT2D eigenvalue weighted by Crippen LogP contribution is 2.38. The number of benzene rings is 2. The second-order valence-corrected chi connectivity index (χ2v) is 7.91. The monoisotopic (exact) mass is 568 g/mol. The molecular formula is C25H37IN4O3. The highest BCUT2D eigenvalue weighted by atomic mass is 127. The summed E-state index contributed by atoms with van der Waals surface area (Å²) in [4.78, 5) is 7.32. The summed E-state index contributed by atoms with van der Waals surface area (Å²) in [6, 6.07) is 15.0. The van der Waals surface area contributed by atoms with Crippen LogP contribution in [0.15, 0.2) is 47.5 Å². The van der Waals surface area contributed by atoms with Crippen molar-refractivity contribution < 1.29 is 14.2 Å². The van der Waals surface area contributed by atoms with E-state index < -0.39 is 0 Å². The van der Waals surface area contributed by atoms with Crippen LogP contribution in [-0.4, -0.2) is 57.9 Å². The van der Waals surface area contributed by atoms with E-state index >= 15 is 0 Å². The van der Waals surface area contributed by atoms with Crippen molar-refractivity contribution in [2.24, 2.45) is 4.99 Å². The van der Waals surface area contributed by atoms with Crippen LogP contribution >= 0.6 is 24.0 Å². The van der Waals surface area contributed by atoms with Crippen LogP contribution in [-0.2, 0) is 13.1 Å². The van der Waals surface area contributed by atoms with Gasteiger partial charge in [-0.05, 0) is 43.0 Å². The van der Waals surface area contributed by atoms with Gasteiger partial charge in [-0.15, -0.1) is 24.0 Å². The largest absolute Gasteiger partial charge is 0.493 e. The molecule has 0 aliphatic carbocycles. The van der Waals surface area contributed by atoms with Gasteiger partial charge >= 0.3 is 0 Å². The van der Waals surface area contributed by atoms with E-state index in [1.54, 1.807) is 21.3 Å². The van der Waals surface area contributed by atoms with E-state index in [0.717, 1.165) is 50.5 Å². The van der Waals surface area contributed by atoms with Crippen molar-refractivity contribution in [3.05, 3.63) is 53.6 Å². The molecule has 2 N–H and O–H groups in total. The third kappa shape index (κ3) is 7.96. The molecule has 0 unspecified atom stereocenters. The number of guanidine groups is 1. The first-order valence-corrected chi connectivity index (χ1v) is 11.3. The Morgan fingerprint density at radius 3 is 2.15 bits per heavy atom. The number of likely N-dealkylation sites (tertiary alicyclic amines) is 1. The molecule has 0 spiro atoms. The van der Waals surface area contributed by atoms with Crippen molar-refractivity contribution in [1.82, 2.24) is 15.5 Å². The van der Waals surface area contributed by atoms with Crippen LogP contribution in [0.25, 0.3) is 0 Å². The lowest BCUT2D eigenvalue weighted by molar-refractivity contribution is 0.198. The van der Waals surface area contributed by atoms with E-state index in [1.807, 2.05) is 12.1 Å². The summed E-state index contributed by atoms with van der Waals surface area (Å²) in [6.45, 7) is 6.59. The molecular weight excluding hydrogens is 531 g/mol. The van der Waals surface area contributed by atoms with E-state index in [4.69, 9.17) is 19.2 Å². The summed E-state index contributed by atoms with van der Waals surface area (Å²) in [6.07, 6.45) is 2.20. The lowest BCUT2D eigenvalue weighted by atomic mass is 10.0. The molecule has 33 heavy (non-hydrogen) atoms. The van der Waals surface area contributed by atoms with Crippen LogP contribution < -0.4 is 24.8 Å². The van der Waals surface area contributed by atoms with E-state index in [2.05, 4.69) is 52.8 Å². The van der Waals surface area contributed by atoms with E-state index in [-0.39, 0.29) is 24.0 Å². The second-order valence-electron chi connectivity index (χ2n) is 7.91. The van der Waals surface area contributed by atoms with E-state index in [9.17, 15) is 0 Å². The van der Waals surface area contributed by atoms with Crippen molar-refractivity contribution in [2.45, 2.75) is 38.9 Å². The average Bonchev–Trinajstić information content (AvgIpc) is 2.83. The molecule has 182 valence electrons. The van der Waals surface area contributed by atoms with Crippen LogP contribution in [0.2, 0.25) is 0 Å². The molecule has 8 heteroatoms. The Kier molecular flexibility index (Phi) is 11.6. The number of hydrogen-bond acceptors (Lipinski definition) is 5. The Morgan fingerprint density at radius 2 is 1.61 bits per heavy atom. The Hall–Kier alpha value is -2.20. The van der Waals surface area contributed by atoms with Crippen molar-refractivity contribution in [3.8, 4) is 17.2 Å². The second kappa shape index (κ2) is 14.1. The van der Waals surface area contributed by atoms with Crippen molar-refractivity contribution in [1.29, 1.82) is 0 Å². The summed E-state index contributed by atoms with van der Waals surface area (Å²) in [5.41, 5.74) is 2.37. The molecule has 2 aromatic rings. The Balaban J connectivity index is 0.00000385. The molecule has 0 amide bonds. The third-order valence-corrected chi connectivity index (χ3v) is 5.67. The maximum Gasteiger partial charge on any atom is 0.203 e. The highest BCUT2D eigenvalue weighted by molar-refractivity contribution is 14.0. The molecule has 0 atom stereocenters. The number of nitrogens with one attached hydrogen (secondary N) is 2. The zero-order valence-electron chi connectivity index (χ0n) is 20.1. The molecule has 2 aromatic carbocycles. The van der Waals surface area contributed by atoms with Crippen LogP contribution in [0.4, 0.5) is 0 Å². The van der Waals surface area contributed by atoms with Crippen LogP contribution in [0.1, 0.15) is 30.9 Å². The van der Waals surface area contributed by atoms with Crippen molar-refractivity contribution in [2.75, 3.05) is 41.0 Å². The minimum Gasteiger partial charge on any atom is -0.493 e. The standard InChI is InChI=1S/C25H36N4O3.HI/c1-5-26-25(27-17-20-15-22(30-2)24(32-4)23(16-20)31-3)28-21-11-13-29(14-12-21)18-19-9-7-6-8-10-19;/h6-10,15-16,21H,5,11-14,17-18H2,1-4H3,(H2,26,27,28);1H. The van der Waals surface area contributed by atoms with Gasteiger partial charge in [0.2, 0.25) is 5.75 Å². The highest BCUT2D eigenvalue weighted by Gasteiger charge is 2.20. The molecule has 1 saturated heterocycles. The van der Waals surface area contributed by atoms with Crippen molar-refractivity contribution >= 4 is 29.9 Å². The summed E-state index contributed by atoms with van der Waals surface area (Å²) >= 11 is 0. The summed E-state index contributed by atoms with van der Waals surface area (Å²) < 4.78 is 16.3. The smallest absolute Gasteiger partial charge is 0.203 e. The molecule has 1 heterocycles. The maximum absolute atomic E-state index is 5.46. The molecule has 1 aliphatic heterocycles. The molecule has 3 rings (SSSR count). The zero-order valence-corrected chi connectivity index (χ0v) is 22.4. The zero-order chi connectivity index (χ0) is 22.8. The summed E-state index contributed by atoms with van der Waals surface area (Å²) in [5, 5.41) is 6.99. The first-order chi connectivity index (χ1) is 15.7. The summed E-state index contributed by atoms with van der Waals surface area (Å²) in [7, 11) is 4.86. The van der Waals surface area contributed by atoms with Gasteiger partial charge in [-0.25, -0.2) is 4.99 Å². The van der Waals surface area contributed by atoms with Gasteiger partial charge in [0.25, 0.3) is 0 Å². The van der Waals surface area contributed by atoms with Gasteiger partial charge in [-0.2, -0.15) is 0 Å². The minimum atomic E-state index is 0. The van der Waals surface area contributed by atoms with Crippen molar-refractivity contribution in [3.63, 3.8) is 0 Å². The van der Waals surface area contributed by atoms with Gasteiger partial charge < -0.3 is 24.8 Å². The van der Waals surface area contributed by atoms with E-state index in [1.165, 1.54) is 5.56 Å². The summed E-state index contributed by atoms with van der Waals surface area (Å²) in [5.74, 6) is 2.71.